The van der Waals surface area contributed by atoms with Crippen LogP contribution in [-0.4, -0.2) is 33.5 Å². The Morgan fingerprint density at radius 2 is 2.05 bits per heavy atom. The Labute approximate surface area is 136 Å². The number of benzene rings is 1. The second kappa shape index (κ2) is 10.0. The highest BCUT2D eigenvalue weighted by Gasteiger charge is 2.14. The van der Waals surface area contributed by atoms with Gasteiger partial charge in [0.25, 0.3) is 0 Å². The zero-order chi connectivity index (χ0) is 15.7. The fraction of sp³-hybridized carbons (Fsp3) is 0.625. The summed E-state index contributed by atoms with van der Waals surface area (Å²) in [6, 6.07) is 4.09. The predicted octanol–water partition coefficient (Wildman–Crippen LogP) is 3.76. The third-order valence-corrected chi connectivity index (χ3v) is 3.68. The third kappa shape index (κ3) is 6.24. The van der Waals surface area contributed by atoms with E-state index in [1.807, 2.05) is 13.0 Å². The van der Waals surface area contributed by atoms with Crippen LogP contribution in [0.15, 0.2) is 16.6 Å². The standard InChI is InChI=1S/C16H26BrNO3/c1-5-7-18-11-13-9-14(17)16(15(10-13)20-4)21-12(2)6-8-19-3/h9-10,12,18H,5-8,11H2,1-4H3. The molecule has 120 valence electrons. The molecule has 4 nitrogen and oxygen atoms in total. The Hall–Kier alpha value is -0.780. The molecule has 0 saturated carbocycles. The molecule has 0 aliphatic carbocycles. The van der Waals surface area contributed by atoms with E-state index in [1.165, 1.54) is 5.56 Å². The lowest BCUT2D eigenvalue weighted by atomic mass is 10.2. The number of halogens is 1. The van der Waals surface area contributed by atoms with Gasteiger partial charge >= 0.3 is 0 Å². The molecule has 21 heavy (non-hydrogen) atoms. The molecule has 0 fully saturated rings. The van der Waals surface area contributed by atoms with E-state index in [2.05, 4.69) is 34.2 Å². The number of hydrogen-bond donors (Lipinski definition) is 1. The molecule has 0 heterocycles. The summed E-state index contributed by atoms with van der Waals surface area (Å²) in [7, 11) is 3.36. The van der Waals surface area contributed by atoms with Crippen molar-refractivity contribution in [2.45, 2.75) is 39.3 Å². The van der Waals surface area contributed by atoms with Crippen molar-refractivity contribution in [2.24, 2.45) is 0 Å². The lowest BCUT2D eigenvalue weighted by Gasteiger charge is -2.19. The first-order chi connectivity index (χ1) is 10.1. The highest BCUT2D eigenvalue weighted by atomic mass is 79.9. The van der Waals surface area contributed by atoms with E-state index in [0.717, 1.165) is 41.9 Å². The van der Waals surface area contributed by atoms with Gasteiger partial charge in [-0.15, -0.1) is 0 Å². The van der Waals surface area contributed by atoms with Crippen molar-refractivity contribution in [3.63, 3.8) is 0 Å². The molecule has 1 N–H and O–H groups in total. The fourth-order valence-corrected chi connectivity index (χ4v) is 2.53. The van der Waals surface area contributed by atoms with Gasteiger partial charge in [0, 0.05) is 26.7 Å². The molecule has 1 aromatic carbocycles. The molecule has 5 heteroatoms. The zero-order valence-corrected chi connectivity index (χ0v) is 15.0. The highest BCUT2D eigenvalue weighted by molar-refractivity contribution is 9.10. The van der Waals surface area contributed by atoms with Gasteiger partial charge < -0.3 is 19.5 Å². The fourth-order valence-electron chi connectivity index (χ4n) is 1.94. The van der Waals surface area contributed by atoms with E-state index in [-0.39, 0.29) is 6.10 Å². The summed E-state index contributed by atoms with van der Waals surface area (Å²) in [5.74, 6) is 1.50. The molecule has 1 unspecified atom stereocenters. The van der Waals surface area contributed by atoms with Crippen LogP contribution in [0.3, 0.4) is 0 Å². The first-order valence-electron chi connectivity index (χ1n) is 7.35. The number of hydrogen-bond acceptors (Lipinski definition) is 4. The maximum atomic E-state index is 5.98. The maximum absolute atomic E-state index is 5.98. The second-order valence-electron chi connectivity index (χ2n) is 5.00. The van der Waals surface area contributed by atoms with Crippen LogP contribution < -0.4 is 14.8 Å². The van der Waals surface area contributed by atoms with Gasteiger partial charge in [-0.3, -0.25) is 0 Å². The van der Waals surface area contributed by atoms with Gasteiger partial charge in [0.2, 0.25) is 0 Å². The van der Waals surface area contributed by atoms with E-state index in [9.17, 15) is 0 Å². The zero-order valence-electron chi connectivity index (χ0n) is 13.4. The number of nitrogens with one attached hydrogen (secondary N) is 1. The van der Waals surface area contributed by atoms with Gasteiger partial charge in [0.15, 0.2) is 11.5 Å². The van der Waals surface area contributed by atoms with E-state index < -0.39 is 0 Å². The Bertz CT molecular complexity index is 426. The van der Waals surface area contributed by atoms with Crippen molar-refractivity contribution in [3.8, 4) is 11.5 Å². The lowest BCUT2D eigenvalue weighted by Crippen LogP contribution is -2.16. The highest BCUT2D eigenvalue weighted by Crippen LogP contribution is 2.37. The molecule has 0 saturated heterocycles. The summed E-state index contributed by atoms with van der Waals surface area (Å²) in [6.07, 6.45) is 2.03. The number of methoxy groups -OCH3 is 2. The molecule has 1 aromatic rings. The van der Waals surface area contributed by atoms with Crippen LogP contribution in [0.5, 0.6) is 11.5 Å². The summed E-state index contributed by atoms with van der Waals surface area (Å²) in [5.41, 5.74) is 1.17. The summed E-state index contributed by atoms with van der Waals surface area (Å²) in [6.45, 7) is 6.69. The van der Waals surface area contributed by atoms with Gasteiger partial charge in [-0.25, -0.2) is 0 Å². The third-order valence-electron chi connectivity index (χ3n) is 3.09. The number of ether oxygens (including phenoxy) is 3. The van der Waals surface area contributed by atoms with Crippen LogP contribution in [0, 0.1) is 0 Å². The Morgan fingerprint density at radius 1 is 1.29 bits per heavy atom. The van der Waals surface area contributed by atoms with Crippen molar-refractivity contribution in [1.29, 1.82) is 0 Å². The summed E-state index contributed by atoms with van der Waals surface area (Å²) in [5, 5.41) is 3.38. The van der Waals surface area contributed by atoms with Crippen molar-refractivity contribution in [3.05, 3.63) is 22.2 Å². The smallest absolute Gasteiger partial charge is 0.175 e. The molecular weight excluding hydrogens is 334 g/mol. The monoisotopic (exact) mass is 359 g/mol. The van der Waals surface area contributed by atoms with E-state index in [0.29, 0.717) is 6.61 Å². The van der Waals surface area contributed by atoms with Gasteiger partial charge in [-0.2, -0.15) is 0 Å². The van der Waals surface area contributed by atoms with Gasteiger partial charge in [-0.05, 0) is 53.5 Å². The molecule has 0 radical (unpaired) electrons. The predicted molar refractivity (Wildman–Crippen MR) is 89.3 cm³/mol. The first kappa shape index (κ1) is 18.3. The van der Waals surface area contributed by atoms with Crippen LogP contribution in [0.2, 0.25) is 0 Å². The summed E-state index contributed by atoms with van der Waals surface area (Å²) >= 11 is 3.58. The molecule has 0 spiro atoms. The van der Waals surface area contributed by atoms with Crippen molar-refractivity contribution < 1.29 is 14.2 Å². The molecule has 1 atom stereocenters. The van der Waals surface area contributed by atoms with Crippen LogP contribution in [0.1, 0.15) is 32.3 Å². The van der Waals surface area contributed by atoms with Crippen molar-refractivity contribution in [1.82, 2.24) is 5.32 Å². The van der Waals surface area contributed by atoms with E-state index in [1.54, 1.807) is 14.2 Å². The van der Waals surface area contributed by atoms with E-state index in [4.69, 9.17) is 14.2 Å². The topological polar surface area (TPSA) is 39.7 Å². The molecular formula is C16H26BrNO3. The van der Waals surface area contributed by atoms with Gasteiger partial charge in [-0.1, -0.05) is 6.92 Å². The molecule has 0 aromatic heterocycles. The number of rotatable bonds is 10. The first-order valence-corrected chi connectivity index (χ1v) is 8.14. The average molecular weight is 360 g/mol. The second-order valence-corrected chi connectivity index (χ2v) is 5.85. The summed E-state index contributed by atoms with van der Waals surface area (Å²) < 4.78 is 17.4. The minimum atomic E-state index is 0.0687. The average Bonchev–Trinajstić information content (AvgIpc) is 2.47. The lowest BCUT2D eigenvalue weighted by molar-refractivity contribution is 0.132. The molecule has 0 amide bonds. The Balaban J connectivity index is 2.79. The van der Waals surface area contributed by atoms with Crippen molar-refractivity contribution in [2.75, 3.05) is 27.4 Å². The van der Waals surface area contributed by atoms with Crippen LogP contribution in [-0.2, 0) is 11.3 Å². The van der Waals surface area contributed by atoms with Gasteiger partial charge in [0.1, 0.15) is 0 Å². The minimum absolute atomic E-state index is 0.0687. The van der Waals surface area contributed by atoms with Gasteiger partial charge in [0.05, 0.1) is 17.7 Å². The molecule has 0 aliphatic heterocycles. The largest absolute Gasteiger partial charge is 0.493 e. The van der Waals surface area contributed by atoms with Crippen LogP contribution in [0.4, 0.5) is 0 Å². The quantitative estimate of drug-likeness (QED) is 0.645. The normalized spacial score (nSPS) is 12.2. The van der Waals surface area contributed by atoms with Crippen molar-refractivity contribution >= 4 is 15.9 Å². The molecule has 0 aliphatic rings. The Kier molecular flexibility index (Phi) is 8.73. The van der Waals surface area contributed by atoms with E-state index >= 15 is 0 Å². The molecule has 0 bridgehead atoms. The summed E-state index contributed by atoms with van der Waals surface area (Å²) in [4.78, 5) is 0. The van der Waals surface area contributed by atoms with Crippen LogP contribution in [0.25, 0.3) is 0 Å². The van der Waals surface area contributed by atoms with Crippen LogP contribution >= 0.6 is 15.9 Å². The Morgan fingerprint density at radius 3 is 2.67 bits per heavy atom. The molecule has 1 rings (SSSR count). The maximum Gasteiger partial charge on any atom is 0.175 e. The SMILES string of the molecule is CCCNCc1cc(Br)c(OC(C)CCOC)c(OC)c1. The minimum Gasteiger partial charge on any atom is -0.493 e.